The Kier molecular flexibility index (Phi) is 8.02. The average Bonchev–Trinajstić information content (AvgIpc) is 3.64. The third kappa shape index (κ3) is 5.78. The van der Waals surface area contributed by atoms with Crippen LogP contribution in [0.1, 0.15) is 27.8 Å². The molecule has 0 unspecified atom stereocenters. The van der Waals surface area contributed by atoms with E-state index >= 15 is 0 Å². The van der Waals surface area contributed by atoms with Gasteiger partial charge in [0.2, 0.25) is 0 Å². The zero-order valence-corrected chi connectivity index (χ0v) is 27.8. The number of nitriles is 1. The fourth-order valence-electron chi connectivity index (χ4n) is 7.37. The molecule has 0 aliphatic heterocycles. The van der Waals surface area contributed by atoms with Gasteiger partial charge in [0.1, 0.15) is 6.07 Å². The van der Waals surface area contributed by atoms with Crippen LogP contribution in [0, 0.1) is 11.3 Å². The van der Waals surface area contributed by atoms with Crippen LogP contribution in [-0.2, 0) is 24.7 Å². The van der Waals surface area contributed by atoms with Crippen LogP contribution < -0.4 is 0 Å². The summed E-state index contributed by atoms with van der Waals surface area (Å²) in [5.74, 6) is 0. The fourth-order valence-corrected chi connectivity index (χ4v) is 7.37. The topological polar surface area (TPSA) is 33.6 Å². The normalized spacial score (nSPS) is 13.0. The number of para-hydroxylation sites is 2. The zero-order valence-electron chi connectivity index (χ0n) is 27.8. The molecule has 0 atom stereocenters. The van der Waals surface area contributed by atoms with E-state index in [0.29, 0.717) is 18.2 Å². The van der Waals surface area contributed by atoms with E-state index in [1.165, 1.54) is 57.7 Å². The standard InChI is InChI=1S/C41H19F12N3/c42-38(43,44)22-12-14-33-26(17-22)24-6-1-3-10-31(24)55(33)35-19-28(37-29(40(48,49)50)8-5-9-30(37)41(51,52)53)36(16-21(35)20-54)56-32-11-4-2-7-25(32)27-18-23(39(45,46)47)13-15-34(27)56/h1-19H. The monoisotopic (exact) mass is 781 g/mol. The highest BCUT2D eigenvalue weighted by molar-refractivity contribution is 6.11. The second-order valence-corrected chi connectivity index (χ2v) is 12.9. The molecule has 0 aliphatic carbocycles. The molecule has 0 saturated heterocycles. The van der Waals surface area contributed by atoms with Gasteiger partial charge in [-0.15, -0.1) is 0 Å². The van der Waals surface area contributed by atoms with Gasteiger partial charge in [-0.1, -0.05) is 42.5 Å². The number of hydrogen-bond donors (Lipinski definition) is 0. The zero-order chi connectivity index (χ0) is 40.1. The largest absolute Gasteiger partial charge is 0.417 e. The van der Waals surface area contributed by atoms with E-state index < -0.39 is 63.8 Å². The van der Waals surface area contributed by atoms with E-state index in [-0.39, 0.29) is 54.9 Å². The summed E-state index contributed by atoms with van der Waals surface area (Å²) in [6.07, 6.45) is -20.4. The molecule has 0 radical (unpaired) electrons. The van der Waals surface area contributed by atoms with E-state index in [4.69, 9.17) is 0 Å². The molecular formula is C41H19F12N3. The SMILES string of the molecule is N#Cc1cc(-n2c3ccccc3c3cc(C(F)(F)F)ccc32)c(-c2c(C(F)(F)F)cccc2C(F)(F)F)cc1-n1c2ccccc2c2cc(C(F)(F)F)ccc21. The second-order valence-electron chi connectivity index (χ2n) is 12.9. The summed E-state index contributed by atoms with van der Waals surface area (Å²) in [5.41, 5.74) is -8.32. The number of halogens is 12. The molecule has 8 rings (SSSR count). The van der Waals surface area contributed by atoms with Gasteiger partial charge in [0.25, 0.3) is 0 Å². The van der Waals surface area contributed by atoms with Crippen molar-refractivity contribution < 1.29 is 52.7 Å². The van der Waals surface area contributed by atoms with E-state index in [9.17, 15) is 57.9 Å². The number of benzene rings is 6. The number of hydrogen-bond acceptors (Lipinski definition) is 1. The lowest BCUT2D eigenvalue weighted by molar-refractivity contribution is -0.142. The summed E-state index contributed by atoms with van der Waals surface area (Å²) < 4.78 is 175. The fraction of sp³-hybridized carbons (Fsp3) is 0.0976. The molecule has 6 aromatic carbocycles. The molecule has 0 bridgehead atoms. The van der Waals surface area contributed by atoms with Crippen molar-refractivity contribution in [1.29, 1.82) is 5.26 Å². The lowest BCUT2D eigenvalue weighted by atomic mass is 9.90. The number of nitrogens with zero attached hydrogens (tertiary/aromatic N) is 3. The molecule has 3 nitrogen and oxygen atoms in total. The van der Waals surface area contributed by atoms with Crippen molar-refractivity contribution in [3.8, 4) is 28.6 Å². The van der Waals surface area contributed by atoms with Crippen LogP contribution in [0.5, 0.6) is 0 Å². The minimum absolute atomic E-state index is 0.0273. The Morgan fingerprint density at radius 1 is 0.411 bits per heavy atom. The van der Waals surface area contributed by atoms with Gasteiger partial charge in [-0.05, 0) is 72.8 Å². The van der Waals surface area contributed by atoms with Crippen LogP contribution in [0.3, 0.4) is 0 Å². The van der Waals surface area contributed by atoms with E-state index in [1.54, 1.807) is 0 Å². The highest BCUT2D eigenvalue weighted by Gasteiger charge is 2.42. The maximum Gasteiger partial charge on any atom is 0.417 e. The Balaban J connectivity index is 1.58. The molecule has 0 N–H and O–H groups in total. The predicted molar refractivity (Wildman–Crippen MR) is 185 cm³/mol. The van der Waals surface area contributed by atoms with Gasteiger partial charge >= 0.3 is 24.7 Å². The second kappa shape index (κ2) is 12.3. The first-order valence-electron chi connectivity index (χ1n) is 16.4. The van der Waals surface area contributed by atoms with Gasteiger partial charge in [0.05, 0.1) is 61.3 Å². The van der Waals surface area contributed by atoms with Gasteiger partial charge in [0, 0.05) is 32.7 Å². The average molecular weight is 782 g/mol. The van der Waals surface area contributed by atoms with Crippen molar-refractivity contribution in [2.75, 3.05) is 0 Å². The maximum absolute atomic E-state index is 14.9. The molecule has 56 heavy (non-hydrogen) atoms. The minimum Gasteiger partial charge on any atom is -0.309 e. The van der Waals surface area contributed by atoms with E-state index in [2.05, 4.69) is 0 Å². The number of alkyl halides is 12. The molecule has 0 fully saturated rings. The Bertz CT molecular complexity index is 2900. The molecule has 0 aliphatic rings. The first-order valence-corrected chi connectivity index (χ1v) is 16.4. The third-order valence-electron chi connectivity index (χ3n) is 9.66. The van der Waals surface area contributed by atoms with Gasteiger partial charge in [-0.25, -0.2) is 0 Å². The summed E-state index contributed by atoms with van der Waals surface area (Å²) in [6.45, 7) is 0. The van der Waals surface area contributed by atoms with Crippen molar-refractivity contribution in [3.05, 3.63) is 143 Å². The maximum atomic E-state index is 14.9. The summed E-state index contributed by atoms with van der Waals surface area (Å²) in [5, 5.41) is 11.0. The van der Waals surface area contributed by atoms with Crippen molar-refractivity contribution in [2.45, 2.75) is 24.7 Å². The Labute approximate surface area is 306 Å². The van der Waals surface area contributed by atoms with Crippen molar-refractivity contribution in [1.82, 2.24) is 9.13 Å². The van der Waals surface area contributed by atoms with Crippen molar-refractivity contribution in [2.24, 2.45) is 0 Å². The van der Waals surface area contributed by atoms with Gasteiger partial charge in [-0.2, -0.15) is 57.9 Å². The Hall–Kier alpha value is -6.43. The van der Waals surface area contributed by atoms with E-state index in [0.717, 1.165) is 48.5 Å². The first-order chi connectivity index (χ1) is 26.3. The van der Waals surface area contributed by atoms with Crippen LogP contribution >= 0.6 is 0 Å². The highest BCUT2D eigenvalue weighted by Crippen LogP contribution is 2.49. The molecule has 15 heteroatoms. The lowest BCUT2D eigenvalue weighted by Crippen LogP contribution is -2.15. The summed E-state index contributed by atoms with van der Waals surface area (Å²) >= 11 is 0. The van der Waals surface area contributed by atoms with Crippen LogP contribution in [0.2, 0.25) is 0 Å². The summed E-state index contributed by atoms with van der Waals surface area (Å²) in [4.78, 5) is 0. The molecular weight excluding hydrogens is 762 g/mol. The van der Waals surface area contributed by atoms with Crippen LogP contribution in [0.25, 0.3) is 66.1 Å². The van der Waals surface area contributed by atoms with Gasteiger partial charge in [-0.3, -0.25) is 0 Å². The van der Waals surface area contributed by atoms with E-state index in [1.807, 2.05) is 6.07 Å². The summed E-state index contributed by atoms with van der Waals surface area (Å²) in [7, 11) is 0. The number of aromatic nitrogens is 2. The van der Waals surface area contributed by atoms with Crippen molar-refractivity contribution >= 4 is 43.6 Å². The molecule has 0 spiro atoms. The van der Waals surface area contributed by atoms with Gasteiger partial charge in [0.15, 0.2) is 0 Å². The predicted octanol–water partition coefficient (Wildman–Crippen LogP) is 13.5. The van der Waals surface area contributed by atoms with Gasteiger partial charge < -0.3 is 9.13 Å². The lowest BCUT2D eigenvalue weighted by Gasteiger charge is -2.24. The molecule has 2 heterocycles. The Morgan fingerprint density at radius 2 is 0.839 bits per heavy atom. The molecule has 0 saturated carbocycles. The summed E-state index contributed by atoms with van der Waals surface area (Å²) in [6, 6.07) is 22.4. The Morgan fingerprint density at radius 3 is 1.27 bits per heavy atom. The van der Waals surface area contributed by atoms with Crippen LogP contribution in [0.15, 0.2) is 115 Å². The van der Waals surface area contributed by atoms with Crippen LogP contribution in [0.4, 0.5) is 52.7 Å². The first kappa shape index (κ1) is 36.5. The number of fused-ring (bicyclic) bond motifs is 6. The quantitative estimate of drug-likeness (QED) is 0.164. The molecule has 282 valence electrons. The molecule has 8 aromatic rings. The molecule has 0 amide bonds. The van der Waals surface area contributed by atoms with Crippen LogP contribution in [-0.4, -0.2) is 9.13 Å². The smallest absolute Gasteiger partial charge is 0.309 e. The number of rotatable bonds is 3. The minimum atomic E-state index is -5.38. The highest BCUT2D eigenvalue weighted by atomic mass is 19.4. The van der Waals surface area contributed by atoms with Crippen molar-refractivity contribution in [3.63, 3.8) is 0 Å². The third-order valence-corrected chi connectivity index (χ3v) is 9.66. The molecule has 2 aromatic heterocycles.